The van der Waals surface area contributed by atoms with Gasteiger partial charge in [0, 0.05) is 23.1 Å². The van der Waals surface area contributed by atoms with Gasteiger partial charge in [0.2, 0.25) is 5.95 Å². The highest BCUT2D eigenvalue weighted by atomic mass is 35.5. The van der Waals surface area contributed by atoms with Gasteiger partial charge in [-0.3, -0.25) is 4.79 Å². The fourth-order valence-corrected chi connectivity index (χ4v) is 2.44. The number of nitrogens with zero attached hydrogens (tertiary/aromatic N) is 2. The molecule has 1 heterocycles. The van der Waals surface area contributed by atoms with E-state index in [2.05, 4.69) is 20.6 Å². The van der Waals surface area contributed by atoms with Crippen LogP contribution in [0.3, 0.4) is 0 Å². The first-order valence-corrected chi connectivity index (χ1v) is 8.26. The van der Waals surface area contributed by atoms with E-state index in [9.17, 15) is 4.79 Å². The summed E-state index contributed by atoms with van der Waals surface area (Å²) < 4.78 is 0. The molecule has 0 bridgehead atoms. The number of amides is 1. The van der Waals surface area contributed by atoms with Crippen LogP contribution < -0.4 is 10.6 Å². The molecule has 2 N–H and O–H groups in total. The lowest BCUT2D eigenvalue weighted by Gasteiger charge is -2.08. The number of anilines is 3. The molecule has 126 valence electrons. The van der Waals surface area contributed by atoms with Crippen LogP contribution in [0.1, 0.15) is 10.4 Å². The maximum Gasteiger partial charge on any atom is 0.258 e. The summed E-state index contributed by atoms with van der Waals surface area (Å²) in [5.74, 6) is -0.0260. The number of carbonyl (C=O) groups is 1. The molecular weight excluding hydrogens is 383 g/mol. The lowest BCUT2D eigenvalue weighted by Crippen LogP contribution is -2.13. The van der Waals surface area contributed by atoms with Gasteiger partial charge in [0.25, 0.3) is 5.91 Å². The third-order valence-corrected chi connectivity index (χ3v) is 4.29. The number of halogens is 3. The number of nitrogens with one attached hydrogen (secondary N) is 2. The number of benzene rings is 2. The summed E-state index contributed by atoms with van der Waals surface area (Å²) in [6, 6.07) is 12.0. The molecule has 0 saturated heterocycles. The monoisotopic (exact) mass is 392 g/mol. The minimum atomic E-state index is -0.324. The van der Waals surface area contributed by atoms with Crippen LogP contribution in [0.2, 0.25) is 15.1 Å². The van der Waals surface area contributed by atoms with Crippen LogP contribution in [0.15, 0.2) is 54.9 Å². The zero-order chi connectivity index (χ0) is 17.8. The molecule has 1 aromatic heterocycles. The summed E-state index contributed by atoms with van der Waals surface area (Å²) in [6.45, 7) is 0. The van der Waals surface area contributed by atoms with Crippen molar-refractivity contribution in [2.75, 3.05) is 10.6 Å². The van der Waals surface area contributed by atoms with E-state index in [1.165, 1.54) is 12.4 Å². The lowest BCUT2D eigenvalue weighted by molar-refractivity contribution is 0.102. The van der Waals surface area contributed by atoms with Crippen LogP contribution in [-0.2, 0) is 0 Å². The van der Waals surface area contributed by atoms with Crippen molar-refractivity contribution in [2.45, 2.75) is 0 Å². The number of hydrogen-bond donors (Lipinski definition) is 2. The van der Waals surface area contributed by atoms with Crippen LogP contribution >= 0.6 is 34.8 Å². The Morgan fingerprint density at radius 2 is 1.60 bits per heavy atom. The van der Waals surface area contributed by atoms with Gasteiger partial charge in [-0.2, -0.15) is 0 Å². The number of carbonyl (C=O) groups excluding carboxylic acids is 1. The summed E-state index contributed by atoms with van der Waals surface area (Å²) in [4.78, 5) is 20.4. The van der Waals surface area contributed by atoms with Crippen molar-refractivity contribution in [2.24, 2.45) is 0 Å². The average molecular weight is 394 g/mol. The van der Waals surface area contributed by atoms with Crippen LogP contribution in [0.4, 0.5) is 17.3 Å². The third-order valence-electron chi connectivity index (χ3n) is 3.21. The van der Waals surface area contributed by atoms with Crippen molar-refractivity contribution >= 4 is 58.0 Å². The Labute approximate surface area is 159 Å². The first-order chi connectivity index (χ1) is 12.0. The first kappa shape index (κ1) is 17.5. The van der Waals surface area contributed by atoms with Crippen molar-refractivity contribution in [1.29, 1.82) is 0 Å². The predicted octanol–water partition coefficient (Wildman–Crippen LogP) is 5.43. The number of rotatable bonds is 4. The predicted molar refractivity (Wildman–Crippen MR) is 101 cm³/mol. The quantitative estimate of drug-likeness (QED) is 0.620. The van der Waals surface area contributed by atoms with Crippen molar-refractivity contribution in [3.63, 3.8) is 0 Å². The molecule has 3 aromatic rings. The largest absolute Gasteiger partial charge is 0.323 e. The summed E-state index contributed by atoms with van der Waals surface area (Å²) >= 11 is 17.9. The maximum absolute atomic E-state index is 12.2. The fourth-order valence-electron chi connectivity index (χ4n) is 1.97. The van der Waals surface area contributed by atoms with E-state index in [0.29, 0.717) is 38.0 Å². The molecule has 3 rings (SSSR count). The summed E-state index contributed by atoms with van der Waals surface area (Å²) in [5, 5.41) is 7.07. The zero-order valence-electron chi connectivity index (χ0n) is 12.6. The molecule has 0 fully saturated rings. The van der Waals surface area contributed by atoms with E-state index >= 15 is 0 Å². The molecule has 0 atom stereocenters. The highest BCUT2D eigenvalue weighted by molar-refractivity contribution is 6.43. The van der Waals surface area contributed by atoms with Gasteiger partial charge in [0.05, 0.1) is 21.3 Å². The van der Waals surface area contributed by atoms with Gasteiger partial charge in [0.15, 0.2) is 0 Å². The molecule has 0 radical (unpaired) electrons. The molecule has 8 heteroatoms. The Morgan fingerprint density at radius 1 is 0.920 bits per heavy atom. The maximum atomic E-state index is 12.2. The zero-order valence-corrected chi connectivity index (χ0v) is 14.9. The van der Waals surface area contributed by atoms with Crippen molar-refractivity contribution < 1.29 is 4.79 Å². The molecule has 2 aromatic carbocycles. The third kappa shape index (κ3) is 4.39. The molecule has 0 aliphatic rings. The number of hydrogen-bond acceptors (Lipinski definition) is 4. The Kier molecular flexibility index (Phi) is 5.38. The van der Waals surface area contributed by atoms with Crippen molar-refractivity contribution in [1.82, 2.24) is 9.97 Å². The Morgan fingerprint density at radius 3 is 2.28 bits per heavy atom. The van der Waals surface area contributed by atoms with Gasteiger partial charge in [-0.1, -0.05) is 40.9 Å². The molecule has 0 saturated carbocycles. The molecular formula is C17H11Cl3N4O. The second kappa shape index (κ2) is 7.70. The van der Waals surface area contributed by atoms with Gasteiger partial charge >= 0.3 is 0 Å². The summed E-state index contributed by atoms with van der Waals surface area (Å²) in [6.07, 6.45) is 2.83. The van der Waals surface area contributed by atoms with E-state index in [0.717, 1.165) is 0 Å². The molecule has 5 nitrogen and oxygen atoms in total. The van der Waals surface area contributed by atoms with E-state index in [1.54, 1.807) is 42.5 Å². The summed E-state index contributed by atoms with van der Waals surface area (Å²) in [5.41, 5.74) is 1.52. The van der Waals surface area contributed by atoms with Crippen LogP contribution in [0.5, 0.6) is 0 Å². The highest BCUT2D eigenvalue weighted by Crippen LogP contribution is 2.30. The van der Waals surface area contributed by atoms with Gasteiger partial charge in [-0.25, -0.2) is 9.97 Å². The van der Waals surface area contributed by atoms with E-state index < -0.39 is 0 Å². The molecule has 0 aliphatic carbocycles. The molecule has 25 heavy (non-hydrogen) atoms. The average Bonchev–Trinajstić information content (AvgIpc) is 2.61. The first-order valence-electron chi connectivity index (χ1n) is 7.13. The smallest absolute Gasteiger partial charge is 0.258 e. The van der Waals surface area contributed by atoms with E-state index in [4.69, 9.17) is 34.8 Å². The lowest BCUT2D eigenvalue weighted by atomic mass is 10.3. The Hall–Kier alpha value is -2.34. The van der Waals surface area contributed by atoms with Gasteiger partial charge in [-0.15, -0.1) is 0 Å². The fraction of sp³-hybridized carbons (Fsp3) is 0. The van der Waals surface area contributed by atoms with Crippen LogP contribution in [0.25, 0.3) is 0 Å². The second-order valence-corrected chi connectivity index (χ2v) is 6.20. The van der Waals surface area contributed by atoms with Gasteiger partial charge in [0.1, 0.15) is 0 Å². The molecule has 0 unspecified atom stereocenters. The van der Waals surface area contributed by atoms with Gasteiger partial charge in [-0.05, 0) is 36.4 Å². The standard InChI is InChI=1S/C17H11Cl3N4O/c18-11-4-6-12(7-5-11)23-16(25)10-8-21-17(22-9-10)24-14-3-1-2-13(19)15(14)20/h1-9H,(H,23,25)(H,21,22,24). The van der Waals surface area contributed by atoms with Crippen molar-refractivity contribution in [3.05, 3.63) is 75.5 Å². The topological polar surface area (TPSA) is 66.9 Å². The minimum absolute atomic E-state index is 0.298. The van der Waals surface area contributed by atoms with Crippen LogP contribution in [0, 0.1) is 0 Å². The van der Waals surface area contributed by atoms with Crippen molar-refractivity contribution in [3.8, 4) is 0 Å². The SMILES string of the molecule is O=C(Nc1ccc(Cl)cc1)c1cnc(Nc2cccc(Cl)c2Cl)nc1. The van der Waals surface area contributed by atoms with E-state index in [1.807, 2.05) is 0 Å². The minimum Gasteiger partial charge on any atom is -0.323 e. The molecule has 0 aliphatic heterocycles. The summed E-state index contributed by atoms with van der Waals surface area (Å²) in [7, 11) is 0. The van der Waals surface area contributed by atoms with Crippen LogP contribution in [-0.4, -0.2) is 15.9 Å². The second-order valence-electron chi connectivity index (χ2n) is 4.98. The Balaban J connectivity index is 1.70. The Bertz CT molecular complexity index is 899. The highest BCUT2D eigenvalue weighted by Gasteiger charge is 2.09. The van der Waals surface area contributed by atoms with Gasteiger partial charge < -0.3 is 10.6 Å². The number of aromatic nitrogens is 2. The van der Waals surface area contributed by atoms with E-state index in [-0.39, 0.29) is 5.91 Å². The normalized spacial score (nSPS) is 10.4. The molecule has 1 amide bonds. The molecule has 0 spiro atoms.